The van der Waals surface area contributed by atoms with E-state index < -0.39 is 11.2 Å². The number of para-hydroxylation sites is 1. The molecular weight excluding hydrogens is 376 g/mol. The number of ether oxygens (including phenoxy) is 1. The molecule has 0 radical (unpaired) electrons. The summed E-state index contributed by atoms with van der Waals surface area (Å²) < 4.78 is 5.04. The summed E-state index contributed by atoms with van der Waals surface area (Å²) in [5.41, 5.74) is 1.87. The van der Waals surface area contributed by atoms with Crippen LogP contribution < -0.4 is 10.6 Å². The number of nitrogens with one attached hydrogen (secondary N) is 2. The first-order valence-corrected chi connectivity index (χ1v) is 9.94. The summed E-state index contributed by atoms with van der Waals surface area (Å²) in [5, 5.41) is 4.98. The van der Waals surface area contributed by atoms with Gasteiger partial charge in [-0.05, 0) is 23.6 Å². The quantitative estimate of drug-likeness (QED) is 0.701. The third-order valence-electron chi connectivity index (χ3n) is 4.40. The maximum Gasteiger partial charge on any atom is 0.307 e. The normalized spacial score (nSPS) is 16.5. The third-order valence-corrected chi connectivity index (χ3v) is 5.67. The predicted octanol–water partition coefficient (Wildman–Crippen LogP) is 2.95. The summed E-state index contributed by atoms with van der Waals surface area (Å²) in [4.78, 5) is 37.0. The molecule has 0 spiro atoms. The zero-order valence-electron chi connectivity index (χ0n) is 15.5. The molecule has 0 aliphatic carbocycles. The van der Waals surface area contributed by atoms with E-state index in [0.717, 1.165) is 16.1 Å². The Hall–Kier alpha value is -2.80. The molecule has 7 heteroatoms. The highest BCUT2D eigenvalue weighted by molar-refractivity contribution is 8.01. The summed E-state index contributed by atoms with van der Waals surface area (Å²) in [6.07, 6.45) is -0.0848. The standard InChI is InChI=1S/C21H22N2O4S/c1-14(15-7-3-2-4-8-15)12-22-19(24)13-27-20(25)11-18-21(26)23-16-9-5-6-10-17(16)28-18/h2-10,14,18H,11-13H2,1H3,(H,22,24)(H,23,26)/t14-,18+/m0/s1. The third kappa shape index (κ3) is 5.36. The number of thioether (sulfide) groups is 1. The van der Waals surface area contributed by atoms with Crippen LogP contribution in [0.1, 0.15) is 24.8 Å². The van der Waals surface area contributed by atoms with Crippen molar-refractivity contribution in [3.05, 3.63) is 60.2 Å². The molecule has 0 bridgehead atoms. The van der Waals surface area contributed by atoms with Crippen LogP contribution in [0.15, 0.2) is 59.5 Å². The summed E-state index contributed by atoms with van der Waals surface area (Å²) >= 11 is 1.33. The largest absolute Gasteiger partial charge is 0.456 e. The maximum atomic E-state index is 12.1. The van der Waals surface area contributed by atoms with Crippen molar-refractivity contribution in [1.82, 2.24) is 5.32 Å². The fraction of sp³-hybridized carbons (Fsp3) is 0.286. The van der Waals surface area contributed by atoms with Gasteiger partial charge in [0.25, 0.3) is 5.91 Å². The van der Waals surface area contributed by atoms with Gasteiger partial charge in [-0.15, -0.1) is 11.8 Å². The zero-order chi connectivity index (χ0) is 19.9. The molecule has 0 aromatic heterocycles. The average Bonchev–Trinajstić information content (AvgIpc) is 2.71. The first kappa shape index (κ1) is 19.9. The Morgan fingerprint density at radius 2 is 1.86 bits per heavy atom. The molecule has 0 unspecified atom stereocenters. The van der Waals surface area contributed by atoms with Crippen molar-refractivity contribution in [3.63, 3.8) is 0 Å². The Kier molecular flexibility index (Phi) is 6.71. The van der Waals surface area contributed by atoms with E-state index in [0.29, 0.717) is 6.54 Å². The highest BCUT2D eigenvalue weighted by Gasteiger charge is 2.29. The van der Waals surface area contributed by atoms with Crippen molar-refractivity contribution in [1.29, 1.82) is 0 Å². The van der Waals surface area contributed by atoms with E-state index in [1.165, 1.54) is 11.8 Å². The van der Waals surface area contributed by atoms with E-state index in [4.69, 9.17) is 4.74 Å². The maximum absolute atomic E-state index is 12.1. The molecule has 6 nitrogen and oxygen atoms in total. The molecule has 2 atom stereocenters. The minimum Gasteiger partial charge on any atom is -0.456 e. The van der Waals surface area contributed by atoms with Crippen LogP contribution in [0, 0.1) is 0 Å². The van der Waals surface area contributed by atoms with Crippen molar-refractivity contribution >= 4 is 35.2 Å². The van der Waals surface area contributed by atoms with Gasteiger partial charge in [0.1, 0.15) is 0 Å². The molecule has 2 N–H and O–H groups in total. The fourth-order valence-electron chi connectivity index (χ4n) is 2.80. The van der Waals surface area contributed by atoms with E-state index in [2.05, 4.69) is 10.6 Å². The molecule has 28 heavy (non-hydrogen) atoms. The number of anilines is 1. The van der Waals surface area contributed by atoms with Crippen LogP contribution in [-0.2, 0) is 19.1 Å². The summed E-state index contributed by atoms with van der Waals surface area (Å²) in [6, 6.07) is 17.3. The second kappa shape index (κ2) is 9.41. The summed E-state index contributed by atoms with van der Waals surface area (Å²) in [5.74, 6) is -1.01. The number of amides is 2. The first-order valence-electron chi connectivity index (χ1n) is 9.06. The molecule has 2 aromatic carbocycles. The number of carbonyl (C=O) groups excluding carboxylic acids is 3. The molecule has 1 heterocycles. The number of hydrogen-bond donors (Lipinski definition) is 2. The number of hydrogen-bond acceptors (Lipinski definition) is 5. The zero-order valence-corrected chi connectivity index (χ0v) is 16.3. The molecule has 1 aliphatic rings. The minimum atomic E-state index is -0.571. The van der Waals surface area contributed by atoms with Gasteiger partial charge in [0, 0.05) is 11.4 Å². The van der Waals surface area contributed by atoms with Crippen LogP contribution in [-0.4, -0.2) is 36.2 Å². The monoisotopic (exact) mass is 398 g/mol. The van der Waals surface area contributed by atoms with Crippen molar-refractivity contribution in [3.8, 4) is 0 Å². The minimum absolute atomic E-state index is 0.0848. The summed E-state index contributed by atoms with van der Waals surface area (Å²) in [7, 11) is 0. The van der Waals surface area contributed by atoms with E-state index in [9.17, 15) is 14.4 Å². The Labute approximate surface area is 168 Å². The predicted molar refractivity (Wildman–Crippen MR) is 108 cm³/mol. The SMILES string of the molecule is C[C@@H](CNC(=O)COC(=O)C[C@H]1Sc2ccccc2NC1=O)c1ccccc1. The lowest BCUT2D eigenvalue weighted by atomic mass is 10.0. The van der Waals surface area contributed by atoms with Gasteiger partial charge >= 0.3 is 5.97 Å². The Balaban J connectivity index is 1.40. The van der Waals surface area contributed by atoms with Crippen LogP contribution in [0.4, 0.5) is 5.69 Å². The van der Waals surface area contributed by atoms with E-state index in [1.54, 1.807) is 0 Å². The van der Waals surface area contributed by atoms with Gasteiger partial charge in [0.2, 0.25) is 5.91 Å². The number of rotatable bonds is 7. The molecule has 0 saturated heterocycles. The number of benzene rings is 2. The van der Waals surface area contributed by atoms with Crippen molar-refractivity contribution in [2.75, 3.05) is 18.5 Å². The Morgan fingerprint density at radius 3 is 2.64 bits per heavy atom. The van der Waals surface area contributed by atoms with Gasteiger partial charge in [0.15, 0.2) is 6.61 Å². The van der Waals surface area contributed by atoms with Gasteiger partial charge in [-0.25, -0.2) is 0 Å². The van der Waals surface area contributed by atoms with Gasteiger partial charge in [-0.1, -0.05) is 49.4 Å². The van der Waals surface area contributed by atoms with Crippen LogP contribution >= 0.6 is 11.8 Å². The average molecular weight is 398 g/mol. The second-order valence-corrected chi connectivity index (χ2v) is 7.82. The van der Waals surface area contributed by atoms with Crippen LogP contribution in [0.25, 0.3) is 0 Å². The van der Waals surface area contributed by atoms with Gasteiger partial charge in [0.05, 0.1) is 17.4 Å². The Bertz CT molecular complexity index is 856. The number of fused-ring (bicyclic) bond motifs is 1. The number of esters is 1. The second-order valence-electron chi connectivity index (χ2n) is 6.57. The molecule has 1 aliphatic heterocycles. The highest BCUT2D eigenvalue weighted by Crippen LogP contribution is 2.36. The summed E-state index contributed by atoms with van der Waals surface area (Å²) in [6.45, 7) is 2.12. The van der Waals surface area contributed by atoms with E-state index >= 15 is 0 Å². The molecule has 3 rings (SSSR count). The van der Waals surface area contributed by atoms with E-state index in [-0.39, 0.29) is 30.8 Å². The van der Waals surface area contributed by atoms with E-state index in [1.807, 2.05) is 61.5 Å². The molecule has 2 amide bonds. The number of carbonyl (C=O) groups is 3. The van der Waals surface area contributed by atoms with Crippen LogP contribution in [0.2, 0.25) is 0 Å². The lowest BCUT2D eigenvalue weighted by Crippen LogP contribution is -2.34. The Morgan fingerprint density at radius 1 is 1.14 bits per heavy atom. The van der Waals surface area contributed by atoms with Gasteiger partial charge < -0.3 is 15.4 Å². The van der Waals surface area contributed by atoms with Crippen molar-refractivity contribution in [2.24, 2.45) is 0 Å². The molecule has 0 fully saturated rings. The highest BCUT2D eigenvalue weighted by atomic mass is 32.2. The fourth-order valence-corrected chi connectivity index (χ4v) is 3.90. The first-order chi connectivity index (χ1) is 13.5. The van der Waals surface area contributed by atoms with Crippen molar-refractivity contribution < 1.29 is 19.1 Å². The van der Waals surface area contributed by atoms with Crippen LogP contribution in [0.5, 0.6) is 0 Å². The smallest absolute Gasteiger partial charge is 0.307 e. The lowest BCUT2D eigenvalue weighted by Gasteiger charge is -2.23. The van der Waals surface area contributed by atoms with Gasteiger partial charge in [-0.3, -0.25) is 14.4 Å². The molecular formula is C21H22N2O4S. The molecule has 146 valence electrons. The topological polar surface area (TPSA) is 84.5 Å². The van der Waals surface area contributed by atoms with Gasteiger partial charge in [-0.2, -0.15) is 0 Å². The molecule has 2 aromatic rings. The van der Waals surface area contributed by atoms with Crippen molar-refractivity contribution in [2.45, 2.75) is 29.4 Å². The lowest BCUT2D eigenvalue weighted by molar-refractivity contribution is -0.149. The molecule has 0 saturated carbocycles. The van der Waals surface area contributed by atoms with Crippen LogP contribution in [0.3, 0.4) is 0 Å².